The number of aryl methyl sites for hydroxylation is 1. The van der Waals surface area contributed by atoms with Crippen molar-refractivity contribution in [1.29, 1.82) is 0 Å². The maximum Gasteiger partial charge on any atom is 0.297 e. The fourth-order valence-electron chi connectivity index (χ4n) is 4.01. The van der Waals surface area contributed by atoms with Gasteiger partial charge in [0.25, 0.3) is 10.1 Å². The molecule has 1 aromatic carbocycles. The molecule has 1 spiro atoms. The summed E-state index contributed by atoms with van der Waals surface area (Å²) in [5.74, 6) is -0.445. The van der Waals surface area contributed by atoms with Crippen LogP contribution in [0.3, 0.4) is 0 Å². The van der Waals surface area contributed by atoms with E-state index in [1.54, 1.807) is 24.3 Å². The van der Waals surface area contributed by atoms with Crippen molar-refractivity contribution in [3.63, 3.8) is 0 Å². The first-order valence-electron chi connectivity index (χ1n) is 9.39. The zero-order chi connectivity index (χ0) is 18.2. The Hall–Kier alpha value is -0.990. The first-order chi connectivity index (χ1) is 12.5. The molecule has 0 unspecified atom stereocenters. The molecule has 26 heavy (non-hydrogen) atoms. The molecule has 0 N–H and O–H groups in total. The Kier molecular flexibility index (Phi) is 5.09. The Morgan fingerprint density at radius 2 is 1.77 bits per heavy atom. The molecule has 1 aromatic rings. The van der Waals surface area contributed by atoms with Crippen LogP contribution in [0.2, 0.25) is 0 Å². The molecule has 2 saturated heterocycles. The first kappa shape index (κ1) is 18.4. The lowest BCUT2D eigenvalue weighted by atomic mass is 9.94. The van der Waals surface area contributed by atoms with E-state index in [0.717, 1.165) is 31.2 Å². The lowest BCUT2D eigenvalue weighted by molar-refractivity contribution is -0.196. The lowest BCUT2D eigenvalue weighted by Gasteiger charge is -2.32. The Bertz CT molecular complexity index is 723. The average Bonchev–Trinajstić information content (AvgIpc) is 3.23. The fraction of sp³-hybridized carbons (Fsp3) is 0.684. The molecule has 144 valence electrons. The summed E-state index contributed by atoms with van der Waals surface area (Å²) in [6, 6.07) is 6.66. The van der Waals surface area contributed by atoms with Gasteiger partial charge in [-0.2, -0.15) is 8.42 Å². The summed E-state index contributed by atoms with van der Waals surface area (Å²) in [6.45, 7) is 2.67. The standard InChI is InChI=1S/C19H26O6S/c1-14-5-7-16(8-6-14)26(20,21)25-15-11-17(22-12-15)18-13-23-19(24-18)9-3-2-4-10-19/h5-8,15,17-18H,2-4,9-13H2,1H3/t15-,17+,18-/m1/s1. The quantitative estimate of drug-likeness (QED) is 0.746. The lowest BCUT2D eigenvalue weighted by Crippen LogP contribution is -2.36. The normalized spacial score (nSPS) is 31.5. The first-order valence-corrected chi connectivity index (χ1v) is 10.8. The summed E-state index contributed by atoms with van der Waals surface area (Å²) in [6.07, 6.45) is 5.00. The molecule has 7 heteroatoms. The van der Waals surface area contributed by atoms with Crippen molar-refractivity contribution in [3.8, 4) is 0 Å². The molecule has 2 heterocycles. The van der Waals surface area contributed by atoms with E-state index in [1.165, 1.54) is 6.42 Å². The van der Waals surface area contributed by atoms with Crippen LogP contribution in [0.5, 0.6) is 0 Å². The minimum atomic E-state index is -3.79. The van der Waals surface area contributed by atoms with Gasteiger partial charge in [-0.3, -0.25) is 4.18 Å². The molecule has 0 bridgehead atoms. The van der Waals surface area contributed by atoms with Gasteiger partial charge >= 0.3 is 0 Å². The maximum absolute atomic E-state index is 12.4. The van der Waals surface area contributed by atoms with E-state index >= 15 is 0 Å². The molecule has 0 aromatic heterocycles. The van der Waals surface area contributed by atoms with Gasteiger partial charge in [0.2, 0.25) is 0 Å². The van der Waals surface area contributed by atoms with Crippen molar-refractivity contribution in [1.82, 2.24) is 0 Å². The molecule has 0 amide bonds. The van der Waals surface area contributed by atoms with E-state index in [-0.39, 0.29) is 23.7 Å². The minimum absolute atomic E-state index is 0.149. The van der Waals surface area contributed by atoms with E-state index in [1.807, 2.05) is 6.92 Å². The van der Waals surface area contributed by atoms with Crippen LogP contribution in [0.1, 0.15) is 44.1 Å². The maximum atomic E-state index is 12.4. The molecule has 3 atom stereocenters. The highest BCUT2D eigenvalue weighted by molar-refractivity contribution is 7.86. The van der Waals surface area contributed by atoms with Crippen molar-refractivity contribution in [2.75, 3.05) is 13.2 Å². The molecule has 3 fully saturated rings. The Morgan fingerprint density at radius 3 is 2.50 bits per heavy atom. The number of hydrogen-bond acceptors (Lipinski definition) is 6. The Labute approximate surface area is 154 Å². The number of benzene rings is 1. The van der Waals surface area contributed by atoms with Gasteiger partial charge in [0.05, 0.1) is 24.2 Å². The van der Waals surface area contributed by atoms with Crippen molar-refractivity contribution in [2.24, 2.45) is 0 Å². The van der Waals surface area contributed by atoms with E-state index in [9.17, 15) is 8.42 Å². The molecular weight excluding hydrogens is 356 g/mol. The summed E-state index contributed by atoms with van der Waals surface area (Å²) in [5, 5.41) is 0. The van der Waals surface area contributed by atoms with Gasteiger partial charge in [0, 0.05) is 19.3 Å². The van der Waals surface area contributed by atoms with E-state index in [4.69, 9.17) is 18.4 Å². The molecule has 1 saturated carbocycles. The van der Waals surface area contributed by atoms with Gasteiger partial charge in [0.1, 0.15) is 12.2 Å². The summed E-state index contributed by atoms with van der Waals surface area (Å²) in [4.78, 5) is 0.174. The van der Waals surface area contributed by atoms with E-state index in [2.05, 4.69) is 0 Å². The second kappa shape index (κ2) is 7.20. The zero-order valence-electron chi connectivity index (χ0n) is 15.1. The van der Waals surface area contributed by atoms with E-state index < -0.39 is 22.0 Å². The van der Waals surface area contributed by atoms with E-state index in [0.29, 0.717) is 13.0 Å². The van der Waals surface area contributed by atoms with Gasteiger partial charge < -0.3 is 14.2 Å². The van der Waals surface area contributed by atoms with Crippen molar-refractivity contribution < 1.29 is 26.8 Å². The second-order valence-corrected chi connectivity index (χ2v) is 9.10. The minimum Gasteiger partial charge on any atom is -0.373 e. The highest BCUT2D eigenvalue weighted by Crippen LogP contribution is 2.40. The third-order valence-corrected chi connectivity index (χ3v) is 6.85. The van der Waals surface area contributed by atoms with Gasteiger partial charge in [0.15, 0.2) is 5.79 Å². The fourth-order valence-corrected chi connectivity index (χ4v) is 5.08. The third-order valence-electron chi connectivity index (χ3n) is 5.47. The van der Waals surface area contributed by atoms with Crippen LogP contribution in [0, 0.1) is 6.92 Å². The average molecular weight is 382 g/mol. The topological polar surface area (TPSA) is 71.1 Å². The van der Waals surface area contributed by atoms with Crippen LogP contribution < -0.4 is 0 Å². The Morgan fingerprint density at radius 1 is 1.04 bits per heavy atom. The number of ether oxygens (including phenoxy) is 3. The summed E-state index contributed by atoms with van der Waals surface area (Å²) in [5.41, 5.74) is 1.00. The van der Waals surface area contributed by atoms with Gasteiger partial charge in [-0.15, -0.1) is 0 Å². The van der Waals surface area contributed by atoms with Crippen molar-refractivity contribution in [2.45, 2.75) is 74.4 Å². The molecule has 6 nitrogen and oxygen atoms in total. The predicted molar refractivity (Wildman–Crippen MR) is 94.2 cm³/mol. The van der Waals surface area contributed by atoms with Crippen LogP contribution in [-0.4, -0.2) is 45.7 Å². The van der Waals surface area contributed by atoms with Crippen LogP contribution in [0.25, 0.3) is 0 Å². The largest absolute Gasteiger partial charge is 0.373 e. The van der Waals surface area contributed by atoms with Gasteiger partial charge in [-0.05, 0) is 31.9 Å². The van der Waals surface area contributed by atoms with Crippen LogP contribution in [0.4, 0.5) is 0 Å². The monoisotopic (exact) mass is 382 g/mol. The van der Waals surface area contributed by atoms with Gasteiger partial charge in [-0.25, -0.2) is 0 Å². The summed E-state index contributed by atoms with van der Waals surface area (Å²) < 4.78 is 48.2. The van der Waals surface area contributed by atoms with Crippen molar-refractivity contribution >= 4 is 10.1 Å². The zero-order valence-corrected chi connectivity index (χ0v) is 15.9. The second-order valence-electron chi connectivity index (χ2n) is 7.53. The summed E-state index contributed by atoms with van der Waals surface area (Å²) in [7, 11) is -3.79. The Balaban J connectivity index is 1.34. The van der Waals surface area contributed by atoms with Crippen molar-refractivity contribution in [3.05, 3.63) is 29.8 Å². The van der Waals surface area contributed by atoms with Gasteiger partial charge in [-0.1, -0.05) is 24.1 Å². The van der Waals surface area contributed by atoms with Crippen LogP contribution in [0.15, 0.2) is 29.2 Å². The van der Waals surface area contributed by atoms with Crippen LogP contribution in [-0.2, 0) is 28.5 Å². The predicted octanol–water partition coefficient (Wildman–Crippen LogP) is 2.93. The highest BCUT2D eigenvalue weighted by atomic mass is 32.2. The molecule has 0 radical (unpaired) electrons. The number of hydrogen-bond donors (Lipinski definition) is 0. The third kappa shape index (κ3) is 3.82. The molecular formula is C19H26O6S. The number of rotatable bonds is 4. The molecule has 1 aliphatic carbocycles. The van der Waals surface area contributed by atoms with Crippen LogP contribution >= 0.6 is 0 Å². The molecule has 4 rings (SSSR count). The molecule has 2 aliphatic heterocycles. The SMILES string of the molecule is Cc1ccc(S(=O)(=O)O[C@H]2CO[C@H]([C@H]3COC4(CCCCC4)O3)C2)cc1. The highest BCUT2D eigenvalue weighted by Gasteiger charge is 2.47. The molecule has 3 aliphatic rings. The summed E-state index contributed by atoms with van der Waals surface area (Å²) >= 11 is 0. The smallest absolute Gasteiger partial charge is 0.297 e.